The Labute approximate surface area is 143 Å². The fourth-order valence-electron chi connectivity index (χ4n) is 2.12. The molecule has 3 aromatic heterocycles. The molecule has 3 rings (SSSR count). The summed E-state index contributed by atoms with van der Waals surface area (Å²) in [6, 6.07) is 5.51. The predicted octanol–water partition coefficient (Wildman–Crippen LogP) is 2.61. The van der Waals surface area contributed by atoms with Gasteiger partial charge < -0.3 is 19.6 Å². The molecule has 0 bridgehead atoms. The van der Waals surface area contributed by atoms with Crippen molar-refractivity contribution in [3.8, 4) is 10.6 Å². The van der Waals surface area contributed by atoms with Crippen molar-refractivity contribution in [3.05, 3.63) is 47.1 Å². The minimum absolute atomic E-state index is 0.229. The number of aryl methyl sites for hydroxylation is 1. The molecule has 0 saturated heterocycles. The Hall–Kier alpha value is -2.45. The van der Waals surface area contributed by atoms with Gasteiger partial charge in [0.1, 0.15) is 5.76 Å². The highest BCUT2D eigenvalue weighted by Crippen LogP contribution is 2.24. The van der Waals surface area contributed by atoms with Gasteiger partial charge in [0, 0.05) is 19.5 Å². The van der Waals surface area contributed by atoms with Gasteiger partial charge in [-0.15, -0.1) is 11.3 Å². The minimum Gasteiger partial charge on any atom is -0.445 e. The van der Waals surface area contributed by atoms with Crippen molar-refractivity contribution in [1.82, 2.24) is 20.8 Å². The van der Waals surface area contributed by atoms with Gasteiger partial charge in [0.25, 0.3) is 5.91 Å². The summed E-state index contributed by atoms with van der Waals surface area (Å²) in [6.07, 6.45) is 2.51. The number of nitrogens with one attached hydrogen (secondary N) is 2. The first-order valence-electron chi connectivity index (χ1n) is 7.63. The molecule has 7 nitrogen and oxygen atoms in total. The van der Waals surface area contributed by atoms with Crippen LogP contribution in [0.1, 0.15) is 28.6 Å². The molecular formula is C16H18N4O3S. The van der Waals surface area contributed by atoms with E-state index in [9.17, 15) is 4.79 Å². The molecule has 0 unspecified atom stereocenters. The number of oxazole rings is 1. The largest absolute Gasteiger partial charge is 0.445 e. The first-order chi connectivity index (χ1) is 11.7. The van der Waals surface area contributed by atoms with E-state index >= 15 is 0 Å². The van der Waals surface area contributed by atoms with Gasteiger partial charge in [-0.3, -0.25) is 4.79 Å². The molecule has 2 N–H and O–H groups in total. The van der Waals surface area contributed by atoms with Gasteiger partial charge in [-0.2, -0.15) is 0 Å². The van der Waals surface area contributed by atoms with E-state index in [4.69, 9.17) is 8.94 Å². The first kappa shape index (κ1) is 16.4. The zero-order valence-corrected chi connectivity index (χ0v) is 14.1. The van der Waals surface area contributed by atoms with Crippen LogP contribution < -0.4 is 10.6 Å². The summed E-state index contributed by atoms with van der Waals surface area (Å²) in [4.78, 5) is 17.0. The number of carbonyl (C=O) groups excluding carboxylic acids is 1. The second-order valence-electron chi connectivity index (χ2n) is 5.19. The molecule has 24 heavy (non-hydrogen) atoms. The lowest BCUT2D eigenvalue weighted by Gasteiger charge is -2.04. The van der Waals surface area contributed by atoms with E-state index in [1.807, 2.05) is 24.4 Å². The third kappa shape index (κ3) is 4.30. The van der Waals surface area contributed by atoms with E-state index in [1.54, 1.807) is 23.6 Å². The molecule has 0 saturated carbocycles. The number of nitrogens with zero attached hydrogens (tertiary/aromatic N) is 2. The summed E-state index contributed by atoms with van der Waals surface area (Å²) in [5, 5.41) is 11.8. The van der Waals surface area contributed by atoms with Gasteiger partial charge in [0.2, 0.25) is 0 Å². The van der Waals surface area contributed by atoms with Gasteiger partial charge in [0.15, 0.2) is 17.3 Å². The topological polar surface area (TPSA) is 93.2 Å². The van der Waals surface area contributed by atoms with Crippen molar-refractivity contribution < 1.29 is 13.7 Å². The maximum absolute atomic E-state index is 12.0. The fourth-order valence-corrected chi connectivity index (χ4v) is 2.79. The van der Waals surface area contributed by atoms with Crippen molar-refractivity contribution in [2.24, 2.45) is 0 Å². The highest BCUT2D eigenvalue weighted by molar-refractivity contribution is 7.13. The van der Waals surface area contributed by atoms with Gasteiger partial charge in [-0.1, -0.05) is 11.2 Å². The van der Waals surface area contributed by atoms with Crippen molar-refractivity contribution >= 4 is 17.2 Å². The normalized spacial score (nSPS) is 10.9. The van der Waals surface area contributed by atoms with Crippen LogP contribution in [0.15, 0.2) is 38.7 Å². The van der Waals surface area contributed by atoms with Crippen molar-refractivity contribution in [3.63, 3.8) is 0 Å². The van der Waals surface area contributed by atoms with E-state index < -0.39 is 0 Å². The number of rotatable bonds is 8. The molecule has 0 fully saturated rings. The van der Waals surface area contributed by atoms with Crippen LogP contribution in [-0.2, 0) is 6.54 Å². The van der Waals surface area contributed by atoms with Gasteiger partial charge in [0.05, 0.1) is 17.6 Å². The molecule has 0 spiro atoms. The van der Waals surface area contributed by atoms with E-state index in [0.717, 1.165) is 23.6 Å². The van der Waals surface area contributed by atoms with E-state index in [-0.39, 0.29) is 5.91 Å². The van der Waals surface area contributed by atoms with Crippen LogP contribution >= 0.6 is 11.3 Å². The number of hydrogen-bond acceptors (Lipinski definition) is 7. The zero-order valence-electron chi connectivity index (χ0n) is 13.2. The summed E-state index contributed by atoms with van der Waals surface area (Å²) in [7, 11) is 0. The highest BCUT2D eigenvalue weighted by atomic mass is 32.1. The quantitative estimate of drug-likeness (QED) is 0.609. The summed E-state index contributed by atoms with van der Waals surface area (Å²) >= 11 is 1.54. The molecule has 126 valence electrons. The number of carbonyl (C=O) groups is 1. The van der Waals surface area contributed by atoms with Crippen LogP contribution in [-0.4, -0.2) is 29.1 Å². The van der Waals surface area contributed by atoms with Crippen LogP contribution in [0.4, 0.5) is 0 Å². The van der Waals surface area contributed by atoms with Crippen LogP contribution in [0.5, 0.6) is 0 Å². The third-order valence-corrected chi connectivity index (χ3v) is 4.18. The highest BCUT2D eigenvalue weighted by Gasteiger charge is 2.13. The Morgan fingerprint density at radius 3 is 3.04 bits per heavy atom. The maximum atomic E-state index is 12.0. The summed E-state index contributed by atoms with van der Waals surface area (Å²) in [5.41, 5.74) is 0.295. The first-order valence-corrected chi connectivity index (χ1v) is 8.51. The van der Waals surface area contributed by atoms with E-state index in [1.165, 1.54) is 0 Å². The molecule has 0 aromatic carbocycles. The second kappa shape index (κ2) is 7.89. The number of amides is 1. The number of aromatic nitrogens is 2. The maximum Gasteiger partial charge on any atom is 0.273 e. The van der Waals surface area contributed by atoms with Crippen LogP contribution in [0.3, 0.4) is 0 Å². The molecule has 3 aromatic rings. The molecule has 0 aliphatic heterocycles. The molecule has 3 heterocycles. The zero-order chi connectivity index (χ0) is 16.8. The standard InChI is InChI=1S/C16H18N4O3S/c1-11-19-10-12(22-11)9-17-5-3-6-18-16(21)13-8-14(23-20-13)15-4-2-7-24-15/h2,4,7-8,10,17H,3,5-6,9H2,1H3,(H,18,21). The number of hydrogen-bond donors (Lipinski definition) is 2. The number of thiophene rings is 1. The van der Waals surface area contributed by atoms with Crippen LogP contribution in [0.2, 0.25) is 0 Å². The predicted molar refractivity (Wildman–Crippen MR) is 89.7 cm³/mol. The molecule has 0 aliphatic rings. The third-order valence-electron chi connectivity index (χ3n) is 3.29. The minimum atomic E-state index is -0.229. The molecular weight excluding hydrogens is 328 g/mol. The van der Waals surface area contributed by atoms with Crippen LogP contribution in [0, 0.1) is 6.92 Å². The Morgan fingerprint density at radius 1 is 1.38 bits per heavy atom. The fraction of sp³-hybridized carbons (Fsp3) is 0.312. The van der Waals surface area contributed by atoms with Gasteiger partial charge in [-0.05, 0) is 24.4 Å². The molecule has 8 heteroatoms. The summed E-state index contributed by atoms with van der Waals surface area (Å²) in [6.45, 7) is 3.76. The van der Waals surface area contributed by atoms with Crippen molar-refractivity contribution in [2.75, 3.05) is 13.1 Å². The van der Waals surface area contributed by atoms with E-state index in [2.05, 4.69) is 20.8 Å². The Kier molecular flexibility index (Phi) is 5.39. The lowest BCUT2D eigenvalue weighted by Crippen LogP contribution is -2.27. The summed E-state index contributed by atoms with van der Waals surface area (Å²) < 4.78 is 10.6. The SMILES string of the molecule is Cc1ncc(CNCCCNC(=O)c2cc(-c3cccs3)on2)o1. The summed E-state index contributed by atoms with van der Waals surface area (Å²) in [5.74, 6) is 1.85. The lowest BCUT2D eigenvalue weighted by atomic mass is 10.3. The lowest BCUT2D eigenvalue weighted by molar-refractivity contribution is 0.0944. The molecule has 0 atom stereocenters. The van der Waals surface area contributed by atoms with Gasteiger partial charge >= 0.3 is 0 Å². The van der Waals surface area contributed by atoms with Crippen molar-refractivity contribution in [1.29, 1.82) is 0 Å². The Balaban J connectivity index is 1.35. The Bertz CT molecular complexity index is 779. The Morgan fingerprint density at radius 2 is 2.29 bits per heavy atom. The van der Waals surface area contributed by atoms with Gasteiger partial charge in [-0.25, -0.2) is 4.98 Å². The molecule has 1 amide bonds. The van der Waals surface area contributed by atoms with Crippen LogP contribution in [0.25, 0.3) is 10.6 Å². The smallest absolute Gasteiger partial charge is 0.273 e. The molecule has 0 radical (unpaired) electrons. The molecule has 0 aliphatic carbocycles. The van der Waals surface area contributed by atoms with Crippen molar-refractivity contribution in [2.45, 2.75) is 19.9 Å². The monoisotopic (exact) mass is 346 g/mol. The van der Waals surface area contributed by atoms with E-state index in [0.29, 0.717) is 30.4 Å². The average Bonchev–Trinajstić information content (AvgIpc) is 3.30. The average molecular weight is 346 g/mol. The second-order valence-corrected chi connectivity index (χ2v) is 6.13.